The minimum absolute atomic E-state index is 0.473. The van der Waals surface area contributed by atoms with Crippen molar-refractivity contribution in [2.45, 2.75) is 38.3 Å². The molecule has 1 atom stereocenters. The van der Waals surface area contributed by atoms with Crippen molar-refractivity contribution >= 4 is 11.6 Å². The van der Waals surface area contributed by atoms with Crippen LogP contribution in [0.3, 0.4) is 0 Å². The molecule has 0 heterocycles. The molecule has 1 N–H and O–H groups in total. The molecule has 2 rings (SSSR count). The fourth-order valence-corrected chi connectivity index (χ4v) is 1.91. The Hall–Kier alpha value is -0.530. The second-order valence-corrected chi connectivity index (χ2v) is 4.39. The number of nitrogens with one attached hydrogen (secondary N) is 1. The molecular weight excluding hydrogens is 194 g/mol. The van der Waals surface area contributed by atoms with Gasteiger partial charge in [-0.2, -0.15) is 0 Å². The van der Waals surface area contributed by atoms with E-state index in [0.29, 0.717) is 6.04 Å². The smallest absolute Gasteiger partial charge is 0.0409 e. The third-order valence-electron chi connectivity index (χ3n) is 2.67. The van der Waals surface area contributed by atoms with Crippen LogP contribution < -0.4 is 5.32 Å². The van der Waals surface area contributed by atoms with Gasteiger partial charge in [-0.25, -0.2) is 0 Å². The fraction of sp³-hybridized carbons (Fsp3) is 0.500. The Balaban J connectivity index is 2.08. The quantitative estimate of drug-likeness (QED) is 0.800. The normalized spacial score (nSPS) is 18.1. The lowest BCUT2D eigenvalue weighted by molar-refractivity contribution is 0.516. The van der Waals surface area contributed by atoms with Gasteiger partial charge in [0.05, 0.1) is 0 Å². The number of halogens is 1. The molecule has 0 saturated heterocycles. The third kappa shape index (κ3) is 2.49. The van der Waals surface area contributed by atoms with Crippen molar-refractivity contribution in [3.8, 4) is 0 Å². The van der Waals surface area contributed by atoms with E-state index < -0.39 is 0 Å². The summed E-state index contributed by atoms with van der Waals surface area (Å²) in [5.74, 6) is 0. The molecule has 1 aromatic carbocycles. The highest BCUT2D eigenvalue weighted by Crippen LogP contribution is 2.26. The number of hydrogen-bond acceptors (Lipinski definition) is 1. The molecule has 0 bridgehead atoms. The molecular formula is C12H16ClN. The minimum atomic E-state index is 0.473. The maximum Gasteiger partial charge on any atom is 0.0409 e. The Morgan fingerprint density at radius 1 is 1.50 bits per heavy atom. The van der Waals surface area contributed by atoms with Gasteiger partial charge < -0.3 is 5.32 Å². The highest BCUT2D eigenvalue weighted by molar-refractivity contribution is 6.30. The van der Waals surface area contributed by atoms with Crippen molar-refractivity contribution in [2.75, 3.05) is 0 Å². The summed E-state index contributed by atoms with van der Waals surface area (Å²) in [5, 5.41) is 4.46. The average Bonchev–Trinajstić information content (AvgIpc) is 2.98. The van der Waals surface area contributed by atoms with E-state index in [-0.39, 0.29) is 0 Å². The van der Waals surface area contributed by atoms with E-state index in [1.54, 1.807) is 0 Å². The van der Waals surface area contributed by atoms with Crippen molar-refractivity contribution in [3.63, 3.8) is 0 Å². The monoisotopic (exact) mass is 209 g/mol. The summed E-state index contributed by atoms with van der Waals surface area (Å²) in [6.45, 7) is 2.21. The third-order valence-corrected chi connectivity index (χ3v) is 2.91. The first-order valence-electron chi connectivity index (χ1n) is 5.31. The molecule has 0 aromatic heterocycles. The number of hydrogen-bond donors (Lipinski definition) is 1. The Bertz CT molecular complexity index is 307. The predicted molar refractivity (Wildman–Crippen MR) is 60.6 cm³/mol. The summed E-state index contributed by atoms with van der Waals surface area (Å²) in [5.41, 5.74) is 1.31. The maximum absolute atomic E-state index is 5.97. The van der Waals surface area contributed by atoms with E-state index in [1.807, 2.05) is 12.1 Å². The van der Waals surface area contributed by atoms with Crippen molar-refractivity contribution in [1.82, 2.24) is 5.32 Å². The van der Waals surface area contributed by atoms with Gasteiger partial charge in [-0.05, 0) is 37.0 Å². The van der Waals surface area contributed by atoms with Crippen molar-refractivity contribution < 1.29 is 0 Å². The Kier molecular flexibility index (Phi) is 3.09. The zero-order valence-electron chi connectivity index (χ0n) is 8.46. The van der Waals surface area contributed by atoms with Gasteiger partial charge in [0, 0.05) is 17.1 Å². The van der Waals surface area contributed by atoms with Crippen molar-refractivity contribution in [1.29, 1.82) is 0 Å². The summed E-state index contributed by atoms with van der Waals surface area (Å²) >= 11 is 5.97. The van der Waals surface area contributed by atoms with Crippen LogP contribution in [0.1, 0.15) is 37.8 Å². The lowest BCUT2D eigenvalue weighted by atomic mass is 10.0. The first-order chi connectivity index (χ1) is 6.79. The molecule has 76 valence electrons. The zero-order chi connectivity index (χ0) is 9.97. The molecule has 1 nitrogen and oxygen atoms in total. The van der Waals surface area contributed by atoms with Crippen LogP contribution in [0.5, 0.6) is 0 Å². The van der Waals surface area contributed by atoms with Gasteiger partial charge in [0.25, 0.3) is 0 Å². The van der Waals surface area contributed by atoms with E-state index in [4.69, 9.17) is 11.6 Å². The molecule has 0 aliphatic heterocycles. The second kappa shape index (κ2) is 4.33. The molecule has 0 unspecified atom stereocenters. The largest absolute Gasteiger partial charge is 0.307 e. The summed E-state index contributed by atoms with van der Waals surface area (Å²) in [6, 6.07) is 9.38. The standard InChI is InChI=1S/C12H16ClN/c1-2-12(14-11-6-7-11)9-4-3-5-10(13)8-9/h3-5,8,11-12,14H,2,6-7H2,1H3/t12-/m1/s1. The molecule has 0 spiro atoms. The predicted octanol–water partition coefficient (Wildman–Crippen LogP) is 3.54. The Morgan fingerprint density at radius 2 is 2.29 bits per heavy atom. The topological polar surface area (TPSA) is 12.0 Å². The summed E-state index contributed by atoms with van der Waals surface area (Å²) in [6.07, 6.45) is 3.78. The fourth-order valence-electron chi connectivity index (χ4n) is 1.71. The van der Waals surface area contributed by atoms with Crippen molar-refractivity contribution in [2.24, 2.45) is 0 Å². The molecule has 1 saturated carbocycles. The zero-order valence-corrected chi connectivity index (χ0v) is 9.22. The van der Waals surface area contributed by atoms with Crippen LogP contribution in [0.4, 0.5) is 0 Å². The van der Waals surface area contributed by atoms with Crippen LogP contribution in [0.15, 0.2) is 24.3 Å². The highest BCUT2D eigenvalue weighted by atomic mass is 35.5. The van der Waals surface area contributed by atoms with Gasteiger partial charge in [-0.15, -0.1) is 0 Å². The molecule has 1 aliphatic rings. The van der Waals surface area contributed by atoms with E-state index in [1.165, 1.54) is 18.4 Å². The molecule has 0 amide bonds. The van der Waals surface area contributed by atoms with E-state index in [9.17, 15) is 0 Å². The van der Waals surface area contributed by atoms with Crippen LogP contribution in [0.2, 0.25) is 5.02 Å². The summed E-state index contributed by atoms with van der Waals surface area (Å²) < 4.78 is 0. The van der Waals surface area contributed by atoms with E-state index in [0.717, 1.165) is 17.5 Å². The van der Waals surface area contributed by atoms with E-state index >= 15 is 0 Å². The molecule has 14 heavy (non-hydrogen) atoms. The summed E-state index contributed by atoms with van der Waals surface area (Å²) in [7, 11) is 0. The molecule has 1 aromatic rings. The first-order valence-corrected chi connectivity index (χ1v) is 5.69. The Labute approximate surface area is 90.5 Å². The maximum atomic E-state index is 5.97. The van der Waals surface area contributed by atoms with Crippen molar-refractivity contribution in [3.05, 3.63) is 34.9 Å². The second-order valence-electron chi connectivity index (χ2n) is 3.96. The SMILES string of the molecule is CC[C@@H](NC1CC1)c1cccc(Cl)c1. The van der Waals surface area contributed by atoms with Gasteiger partial charge in [0.15, 0.2) is 0 Å². The first kappa shape index (κ1) is 10.0. The van der Waals surface area contributed by atoms with Gasteiger partial charge in [-0.3, -0.25) is 0 Å². The van der Waals surface area contributed by atoms with Crippen LogP contribution in [0, 0.1) is 0 Å². The van der Waals surface area contributed by atoms with Crippen LogP contribution in [-0.4, -0.2) is 6.04 Å². The van der Waals surface area contributed by atoms with E-state index in [2.05, 4.69) is 24.4 Å². The summed E-state index contributed by atoms with van der Waals surface area (Å²) in [4.78, 5) is 0. The minimum Gasteiger partial charge on any atom is -0.307 e. The number of benzene rings is 1. The van der Waals surface area contributed by atoms with Crippen LogP contribution in [-0.2, 0) is 0 Å². The molecule has 0 radical (unpaired) electrons. The molecule has 1 aliphatic carbocycles. The van der Waals surface area contributed by atoms with Crippen LogP contribution in [0.25, 0.3) is 0 Å². The highest BCUT2D eigenvalue weighted by Gasteiger charge is 2.24. The van der Waals surface area contributed by atoms with Gasteiger partial charge in [0.1, 0.15) is 0 Å². The molecule has 1 fully saturated rings. The van der Waals surface area contributed by atoms with Crippen LogP contribution >= 0.6 is 11.6 Å². The van der Waals surface area contributed by atoms with Gasteiger partial charge in [0.2, 0.25) is 0 Å². The molecule has 2 heteroatoms. The Morgan fingerprint density at radius 3 is 2.86 bits per heavy atom. The average molecular weight is 210 g/mol. The lowest BCUT2D eigenvalue weighted by Crippen LogP contribution is -2.22. The lowest BCUT2D eigenvalue weighted by Gasteiger charge is -2.17. The van der Waals surface area contributed by atoms with Gasteiger partial charge >= 0.3 is 0 Å². The van der Waals surface area contributed by atoms with Gasteiger partial charge in [-0.1, -0.05) is 30.7 Å². The number of rotatable bonds is 4.